The molecule has 0 radical (unpaired) electrons. The van der Waals surface area contributed by atoms with Crippen molar-refractivity contribution in [2.75, 3.05) is 19.2 Å². The molecule has 0 unspecified atom stereocenters. The maximum Gasteiger partial charge on any atom is 0.407 e. The third kappa shape index (κ3) is 3.80. The molecule has 0 aliphatic carbocycles. The van der Waals surface area contributed by atoms with E-state index in [1.807, 2.05) is 6.26 Å². The minimum absolute atomic E-state index is 0.376. The number of ether oxygens (including phenoxy) is 1. The highest BCUT2D eigenvalue weighted by Crippen LogP contribution is 1.85. The quantitative estimate of drug-likeness (QED) is 0.565. The zero-order valence-corrected chi connectivity index (χ0v) is 5.75. The highest BCUT2D eigenvalue weighted by Gasteiger charge is 1.92. The van der Waals surface area contributed by atoms with E-state index in [0.717, 1.165) is 0 Å². The van der Waals surface area contributed by atoms with Crippen LogP contribution in [-0.2, 0) is 4.74 Å². The van der Waals surface area contributed by atoms with E-state index in [-0.39, 0.29) is 6.09 Å². The fourth-order valence-corrected chi connectivity index (χ4v) is 0.465. The zero-order valence-electron chi connectivity index (χ0n) is 4.93. The summed E-state index contributed by atoms with van der Waals surface area (Å²) < 4.78 is 4.29. The minimum Gasteiger partial charge on any atom is -0.453 e. The first-order valence-corrected chi connectivity index (χ1v) is 3.51. The van der Waals surface area contributed by atoms with E-state index in [2.05, 4.69) is 10.1 Å². The lowest BCUT2D eigenvalue weighted by molar-refractivity contribution is 0.173. The van der Waals surface area contributed by atoms with Gasteiger partial charge in [0.25, 0.3) is 0 Å². The van der Waals surface area contributed by atoms with Gasteiger partial charge in [0, 0.05) is 0 Å². The standard InChI is InChI=1S/C4H9NO2S/c1-7-4(6)5-3-8-2/h3H2,1-2H3,(H,5,6). The molecule has 0 spiro atoms. The molecule has 3 nitrogen and oxygen atoms in total. The summed E-state index contributed by atoms with van der Waals surface area (Å²) in [4.78, 5) is 10.2. The van der Waals surface area contributed by atoms with Crippen LogP contribution in [0.1, 0.15) is 0 Å². The second kappa shape index (κ2) is 4.77. The maximum atomic E-state index is 10.2. The van der Waals surface area contributed by atoms with Crippen molar-refractivity contribution in [3.8, 4) is 0 Å². The summed E-state index contributed by atoms with van der Waals surface area (Å²) in [7, 11) is 1.34. The first-order chi connectivity index (χ1) is 3.81. The van der Waals surface area contributed by atoms with Crippen LogP contribution in [0.5, 0.6) is 0 Å². The van der Waals surface area contributed by atoms with Crippen molar-refractivity contribution in [2.24, 2.45) is 0 Å². The number of thioether (sulfide) groups is 1. The van der Waals surface area contributed by atoms with Gasteiger partial charge in [-0.1, -0.05) is 0 Å². The fourth-order valence-electron chi connectivity index (χ4n) is 0.203. The summed E-state index contributed by atoms with van der Waals surface area (Å²) in [6.45, 7) is 0. The van der Waals surface area contributed by atoms with Gasteiger partial charge in [-0.3, -0.25) is 0 Å². The predicted octanol–water partition coefficient (Wildman–Crippen LogP) is 0.663. The van der Waals surface area contributed by atoms with Crippen LogP contribution in [0.25, 0.3) is 0 Å². The molecule has 0 saturated carbocycles. The molecule has 4 heteroatoms. The van der Waals surface area contributed by atoms with Crippen molar-refractivity contribution >= 4 is 17.9 Å². The number of alkyl carbamates (subject to hydrolysis) is 1. The van der Waals surface area contributed by atoms with Crippen LogP contribution < -0.4 is 5.32 Å². The molecule has 0 aromatic carbocycles. The van der Waals surface area contributed by atoms with Crippen molar-refractivity contribution in [1.82, 2.24) is 5.32 Å². The van der Waals surface area contributed by atoms with Gasteiger partial charge in [0.15, 0.2) is 0 Å². The number of rotatable bonds is 2. The number of amides is 1. The molecule has 0 aromatic rings. The molecule has 1 N–H and O–H groups in total. The number of hydrogen-bond acceptors (Lipinski definition) is 3. The summed E-state index contributed by atoms with van der Waals surface area (Å²) in [5.41, 5.74) is 0. The lowest BCUT2D eigenvalue weighted by Gasteiger charge is -1.97. The first-order valence-electron chi connectivity index (χ1n) is 2.12. The van der Waals surface area contributed by atoms with Crippen molar-refractivity contribution < 1.29 is 9.53 Å². The van der Waals surface area contributed by atoms with Crippen LogP contribution in [0, 0.1) is 0 Å². The first kappa shape index (κ1) is 7.62. The van der Waals surface area contributed by atoms with Crippen LogP contribution in [0.4, 0.5) is 4.79 Å². The summed E-state index contributed by atoms with van der Waals surface area (Å²) in [6.07, 6.45) is 1.52. The van der Waals surface area contributed by atoms with E-state index < -0.39 is 0 Å². The molecule has 48 valence electrons. The van der Waals surface area contributed by atoms with Gasteiger partial charge in [-0.05, 0) is 6.26 Å². The van der Waals surface area contributed by atoms with Gasteiger partial charge < -0.3 is 10.1 Å². The van der Waals surface area contributed by atoms with Crippen LogP contribution in [-0.4, -0.2) is 25.3 Å². The third-order valence-electron chi connectivity index (χ3n) is 0.546. The molecule has 0 aliphatic rings. The number of carbonyl (C=O) groups is 1. The Hall–Kier alpha value is -0.380. The van der Waals surface area contributed by atoms with Crippen molar-refractivity contribution in [2.45, 2.75) is 0 Å². The molecule has 1 amide bonds. The van der Waals surface area contributed by atoms with Crippen molar-refractivity contribution in [3.05, 3.63) is 0 Å². The van der Waals surface area contributed by atoms with E-state index >= 15 is 0 Å². The van der Waals surface area contributed by atoms with Crippen LogP contribution in [0.2, 0.25) is 0 Å². The summed E-state index contributed by atoms with van der Waals surface area (Å²) in [5.74, 6) is 0.604. The number of methoxy groups -OCH3 is 1. The van der Waals surface area contributed by atoms with Crippen LogP contribution >= 0.6 is 11.8 Å². The third-order valence-corrected chi connectivity index (χ3v) is 0.979. The molecular weight excluding hydrogens is 126 g/mol. The van der Waals surface area contributed by atoms with Gasteiger partial charge in [0.2, 0.25) is 0 Å². The Bertz CT molecular complexity index is 76.4. The second-order valence-electron chi connectivity index (χ2n) is 1.10. The zero-order chi connectivity index (χ0) is 6.41. The average Bonchev–Trinajstić information content (AvgIpc) is 1.83. The molecule has 0 saturated heterocycles. The fraction of sp³-hybridized carbons (Fsp3) is 0.750. The molecule has 0 aromatic heterocycles. The smallest absolute Gasteiger partial charge is 0.407 e. The largest absolute Gasteiger partial charge is 0.453 e. The average molecular weight is 135 g/mol. The van der Waals surface area contributed by atoms with Gasteiger partial charge in [-0.25, -0.2) is 4.79 Å². The second-order valence-corrected chi connectivity index (χ2v) is 1.97. The van der Waals surface area contributed by atoms with Gasteiger partial charge in [-0.15, -0.1) is 11.8 Å². The Kier molecular flexibility index (Phi) is 4.54. The Labute approximate surface area is 52.8 Å². The van der Waals surface area contributed by atoms with Gasteiger partial charge in [0.05, 0.1) is 13.0 Å². The summed E-state index contributed by atoms with van der Waals surface area (Å²) >= 11 is 1.53. The van der Waals surface area contributed by atoms with Gasteiger partial charge in [0.1, 0.15) is 0 Å². The number of hydrogen-bond donors (Lipinski definition) is 1. The van der Waals surface area contributed by atoms with E-state index in [0.29, 0.717) is 5.88 Å². The summed E-state index contributed by atoms with van der Waals surface area (Å²) in [6, 6.07) is 0. The molecule has 0 aliphatic heterocycles. The predicted molar refractivity (Wildman–Crippen MR) is 33.9 cm³/mol. The Morgan fingerprint density at radius 2 is 2.50 bits per heavy atom. The Morgan fingerprint density at radius 1 is 1.88 bits per heavy atom. The van der Waals surface area contributed by atoms with Crippen molar-refractivity contribution in [3.63, 3.8) is 0 Å². The lowest BCUT2D eigenvalue weighted by Crippen LogP contribution is -2.21. The van der Waals surface area contributed by atoms with Crippen LogP contribution in [0.3, 0.4) is 0 Å². The monoisotopic (exact) mass is 135 g/mol. The van der Waals surface area contributed by atoms with Gasteiger partial charge >= 0.3 is 6.09 Å². The maximum absolute atomic E-state index is 10.2. The molecule has 0 fully saturated rings. The Balaban J connectivity index is 2.99. The number of nitrogens with one attached hydrogen (secondary N) is 1. The molecule has 0 atom stereocenters. The molecular formula is C4H9NO2S. The SMILES string of the molecule is COC(=O)NCSC. The Morgan fingerprint density at radius 3 is 2.88 bits per heavy atom. The minimum atomic E-state index is -0.376. The lowest BCUT2D eigenvalue weighted by atomic mass is 11.1. The highest BCUT2D eigenvalue weighted by atomic mass is 32.2. The molecule has 0 bridgehead atoms. The molecule has 0 heterocycles. The van der Waals surface area contributed by atoms with Gasteiger partial charge in [-0.2, -0.15) is 0 Å². The van der Waals surface area contributed by atoms with Crippen LogP contribution in [0.15, 0.2) is 0 Å². The van der Waals surface area contributed by atoms with E-state index in [4.69, 9.17) is 0 Å². The van der Waals surface area contributed by atoms with E-state index in [1.54, 1.807) is 0 Å². The topological polar surface area (TPSA) is 38.3 Å². The molecule has 8 heavy (non-hydrogen) atoms. The van der Waals surface area contributed by atoms with E-state index in [9.17, 15) is 4.79 Å². The number of carbonyl (C=O) groups excluding carboxylic acids is 1. The van der Waals surface area contributed by atoms with Crippen molar-refractivity contribution in [1.29, 1.82) is 0 Å². The van der Waals surface area contributed by atoms with E-state index in [1.165, 1.54) is 18.9 Å². The summed E-state index contributed by atoms with van der Waals surface area (Å²) in [5, 5.41) is 2.48. The highest BCUT2D eigenvalue weighted by molar-refractivity contribution is 7.98. The molecule has 0 rings (SSSR count). The normalized spacial score (nSPS) is 8.25.